The van der Waals surface area contributed by atoms with Crippen molar-refractivity contribution in [1.82, 2.24) is 14.9 Å². The summed E-state index contributed by atoms with van der Waals surface area (Å²) in [7, 11) is 0. The second-order valence-corrected chi connectivity index (χ2v) is 8.70. The Morgan fingerprint density at radius 3 is 2.75 bits per heavy atom. The minimum Gasteiger partial charge on any atom is -0.479 e. The molecule has 170 valence electrons. The zero-order valence-corrected chi connectivity index (χ0v) is 18.8. The molecule has 2 fully saturated rings. The Balaban J connectivity index is 0.00000245. The summed E-state index contributed by atoms with van der Waals surface area (Å²) in [5.41, 5.74) is 1.49. The van der Waals surface area contributed by atoms with Crippen LogP contribution in [0.5, 0.6) is 0 Å². The molecule has 0 bridgehead atoms. The van der Waals surface area contributed by atoms with Crippen molar-refractivity contribution in [2.45, 2.75) is 44.2 Å². The van der Waals surface area contributed by atoms with Gasteiger partial charge in [-0.2, -0.15) is 4.98 Å². The van der Waals surface area contributed by atoms with Gasteiger partial charge in [0.1, 0.15) is 11.1 Å². The van der Waals surface area contributed by atoms with Crippen LogP contribution < -0.4 is 4.90 Å². The Kier molecular flexibility index (Phi) is 6.67. The quantitative estimate of drug-likeness (QED) is 0.610. The van der Waals surface area contributed by atoms with Gasteiger partial charge in [0.05, 0.1) is 5.69 Å². The van der Waals surface area contributed by atoms with E-state index in [0.29, 0.717) is 24.6 Å². The molecular weight excluding hydrogens is 428 g/mol. The Labute approximate surface area is 193 Å². The van der Waals surface area contributed by atoms with Gasteiger partial charge in [-0.15, -0.1) is 12.4 Å². The number of pyridine rings is 1. The minimum absolute atomic E-state index is 0. The average Bonchev–Trinajstić information content (AvgIpc) is 3.24. The number of hydrogen-bond acceptors (Lipinski definition) is 6. The molecular formula is C24H29ClN4O3. The SMILES string of the molecule is Cl.O=C(O)[C@@]1([C@H]2CCCN(Cc3ccccn3)C2)CCCCN1c1nc2ccccc2o1. The number of nitrogens with zero attached hydrogens (tertiary/aromatic N) is 4. The van der Waals surface area contributed by atoms with Crippen LogP contribution in [0.2, 0.25) is 0 Å². The number of para-hydroxylation sites is 2. The molecule has 0 radical (unpaired) electrons. The van der Waals surface area contributed by atoms with Crippen molar-refractivity contribution in [1.29, 1.82) is 0 Å². The van der Waals surface area contributed by atoms with E-state index in [1.165, 1.54) is 0 Å². The van der Waals surface area contributed by atoms with E-state index in [9.17, 15) is 9.90 Å². The number of likely N-dealkylation sites (tertiary alicyclic amines) is 1. The van der Waals surface area contributed by atoms with Crippen LogP contribution in [-0.4, -0.2) is 51.1 Å². The van der Waals surface area contributed by atoms with Gasteiger partial charge in [-0.25, -0.2) is 4.79 Å². The van der Waals surface area contributed by atoms with Gasteiger partial charge in [0.15, 0.2) is 5.58 Å². The molecule has 0 aliphatic carbocycles. The average molecular weight is 457 g/mol. The maximum atomic E-state index is 12.9. The number of carboxylic acid groups (broad SMARTS) is 1. The van der Waals surface area contributed by atoms with Gasteiger partial charge in [-0.05, 0) is 62.9 Å². The number of carbonyl (C=O) groups is 1. The van der Waals surface area contributed by atoms with Crippen molar-refractivity contribution in [3.8, 4) is 0 Å². The zero-order valence-electron chi connectivity index (χ0n) is 18.0. The number of piperidine rings is 2. The third-order valence-electron chi connectivity index (χ3n) is 6.85. The van der Waals surface area contributed by atoms with Crippen molar-refractivity contribution >= 4 is 35.5 Å². The van der Waals surface area contributed by atoms with Crippen LogP contribution in [0.3, 0.4) is 0 Å². The molecule has 2 aromatic heterocycles. The van der Waals surface area contributed by atoms with E-state index in [1.54, 1.807) is 0 Å². The van der Waals surface area contributed by atoms with E-state index in [1.807, 2.05) is 53.6 Å². The molecule has 2 aliphatic rings. The van der Waals surface area contributed by atoms with Crippen molar-refractivity contribution in [3.63, 3.8) is 0 Å². The molecule has 2 saturated heterocycles. The van der Waals surface area contributed by atoms with E-state index < -0.39 is 11.5 Å². The molecule has 1 aromatic carbocycles. The van der Waals surface area contributed by atoms with Crippen LogP contribution >= 0.6 is 12.4 Å². The van der Waals surface area contributed by atoms with Gasteiger partial charge in [0.25, 0.3) is 6.01 Å². The van der Waals surface area contributed by atoms with Crippen LogP contribution in [0.4, 0.5) is 6.01 Å². The van der Waals surface area contributed by atoms with Crippen LogP contribution in [0, 0.1) is 5.92 Å². The largest absolute Gasteiger partial charge is 0.479 e. The maximum Gasteiger partial charge on any atom is 0.330 e. The number of fused-ring (bicyclic) bond motifs is 1. The van der Waals surface area contributed by atoms with Crippen molar-refractivity contribution in [2.75, 3.05) is 24.5 Å². The summed E-state index contributed by atoms with van der Waals surface area (Å²) in [6, 6.07) is 14.0. The van der Waals surface area contributed by atoms with Crippen molar-refractivity contribution in [3.05, 3.63) is 54.4 Å². The third-order valence-corrected chi connectivity index (χ3v) is 6.85. The first-order chi connectivity index (χ1) is 15.2. The highest BCUT2D eigenvalue weighted by Gasteiger charge is 2.54. The standard InChI is InChI=1S/C24H28N4O3.ClH/c29-22(30)24(18-8-7-14-27(16-18)17-19-9-3-5-13-25-19)12-4-6-15-28(24)23-26-20-10-1-2-11-21(20)31-23;/h1-3,5,9-11,13,18H,4,6-8,12,14-17H2,(H,29,30);1H/t18-,24-;/m0./s1. The summed E-state index contributed by atoms with van der Waals surface area (Å²) in [5, 5.41) is 10.6. The number of aliphatic carboxylic acids is 1. The summed E-state index contributed by atoms with van der Waals surface area (Å²) in [5.74, 6) is -0.767. The third kappa shape index (κ3) is 4.07. The lowest BCUT2D eigenvalue weighted by Crippen LogP contribution is -2.64. The monoisotopic (exact) mass is 456 g/mol. The lowest BCUT2D eigenvalue weighted by Gasteiger charge is -2.50. The first kappa shape index (κ1) is 22.6. The molecule has 0 unspecified atom stereocenters. The molecule has 8 heteroatoms. The van der Waals surface area contributed by atoms with Crippen LogP contribution in [0.25, 0.3) is 11.1 Å². The molecule has 0 saturated carbocycles. The molecule has 32 heavy (non-hydrogen) atoms. The smallest absolute Gasteiger partial charge is 0.330 e. The Bertz CT molecular complexity index is 1030. The highest BCUT2D eigenvalue weighted by atomic mass is 35.5. The number of carboxylic acids is 1. The number of halogens is 1. The maximum absolute atomic E-state index is 12.9. The molecule has 2 atom stereocenters. The first-order valence-electron chi connectivity index (χ1n) is 11.2. The molecule has 1 N–H and O–H groups in total. The Morgan fingerprint density at radius 2 is 1.97 bits per heavy atom. The van der Waals surface area contributed by atoms with Gasteiger partial charge in [-0.3, -0.25) is 9.88 Å². The fourth-order valence-electron chi connectivity index (χ4n) is 5.37. The van der Waals surface area contributed by atoms with Crippen molar-refractivity contribution in [2.24, 2.45) is 5.92 Å². The number of benzene rings is 1. The zero-order chi connectivity index (χ0) is 21.3. The summed E-state index contributed by atoms with van der Waals surface area (Å²) in [6.07, 6.45) is 6.14. The fraction of sp³-hybridized carbons (Fsp3) is 0.458. The van der Waals surface area contributed by atoms with E-state index in [2.05, 4.69) is 14.9 Å². The normalized spacial score (nSPS) is 24.2. The van der Waals surface area contributed by atoms with Crippen LogP contribution in [-0.2, 0) is 11.3 Å². The van der Waals surface area contributed by atoms with E-state index in [0.717, 1.165) is 56.5 Å². The fourth-order valence-corrected chi connectivity index (χ4v) is 5.37. The van der Waals surface area contributed by atoms with E-state index in [4.69, 9.17) is 4.42 Å². The molecule has 4 heterocycles. The number of oxazole rings is 1. The number of rotatable bonds is 5. The highest BCUT2D eigenvalue weighted by molar-refractivity contribution is 5.85. The van der Waals surface area contributed by atoms with E-state index >= 15 is 0 Å². The van der Waals surface area contributed by atoms with Gasteiger partial charge in [0, 0.05) is 31.7 Å². The second-order valence-electron chi connectivity index (χ2n) is 8.70. The Morgan fingerprint density at radius 1 is 1.12 bits per heavy atom. The lowest BCUT2D eigenvalue weighted by atomic mass is 9.72. The number of aromatic nitrogens is 2. The van der Waals surface area contributed by atoms with Crippen LogP contribution in [0.1, 0.15) is 37.8 Å². The van der Waals surface area contributed by atoms with Gasteiger partial charge < -0.3 is 14.4 Å². The summed E-state index contributed by atoms with van der Waals surface area (Å²) < 4.78 is 6.05. The second kappa shape index (κ2) is 9.46. The number of anilines is 1. The molecule has 7 nitrogen and oxygen atoms in total. The Hall–Kier alpha value is -2.64. The predicted octanol–water partition coefficient (Wildman–Crippen LogP) is 4.37. The first-order valence-corrected chi connectivity index (χ1v) is 11.2. The van der Waals surface area contributed by atoms with Crippen LogP contribution in [0.15, 0.2) is 53.1 Å². The van der Waals surface area contributed by atoms with E-state index in [-0.39, 0.29) is 18.3 Å². The predicted molar refractivity (Wildman–Crippen MR) is 125 cm³/mol. The summed E-state index contributed by atoms with van der Waals surface area (Å²) in [6.45, 7) is 3.09. The molecule has 5 rings (SSSR count). The molecule has 0 spiro atoms. The summed E-state index contributed by atoms with van der Waals surface area (Å²) in [4.78, 5) is 26.3. The lowest BCUT2D eigenvalue weighted by molar-refractivity contribution is -0.148. The highest BCUT2D eigenvalue weighted by Crippen LogP contribution is 2.42. The topological polar surface area (TPSA) is 82.7 Å². The minimum atomic E-state index is -0.998. The van der Waals surface area contributed by atoms with Gasteiger partial charge >= 0.3 is 5.97 Å². The molecule has 2 aliphatic heterocycles. The molecule has 3 aromatic rings. The van der Waals surface area contributed by atoms with Gasteiger partial charge in [0.2, 0.25) is 0 Å². The van der Waals surface area contributed by atoms with Gasteiger partial charge in [-0.1, -0.05) is 18.2 Å². The number of hydrogen-bond donors (Lipinski definition) is 1. The summed E-state index contributed by atoms with van der Waals surface area (Å²) >= 11 is 0. The molecule has 0 amide bonds. The van der Waals surface area contributed by atoms with Crippen molar-refractivity contribution < 1.29 is 14.3 Å².